The van der Waals surface area contributed by atoms with E-state index >= 15 is 0 Å². The SMILES string of the molecule is CNC(=O)COC(=O)N1CCN(c2ccc(I)cn2)CC1. The molecule has 1 aromatic rings. The number of pyridine rings is 1. The molecule has 0 spiro atoms. The summed E-state index contributed by atoms with van der Waals surface area (Å²) in [6.07, 6.45) is 1.37. The van der Waals surface area contributed by atoms with Crippen molar-refractivity contribution in [2.24, 2.45) is 0 Å². The molecule has 0 saturated carbocycles. The molecule has 1 N–H and O–H groups in total. The second kappa shape index (κ2) is 7.43. The summed E-state index contributed by atoms with van der Waals surface area (Å²) in [5.74, 6) is 0.596. The van der Waals surface area contributed by atoms with E-state index in [-0.39, 0.29) is 12.5 Å². The largest absolute Gasteiger partial charge is 0.439 e. The van der Waals surface area contributed by atoms with Gasteiger partial charge in [0.25, 0.3) is 5.91 Å². The van der Waals surface area contributed by atoms with Gasteiger partial charge in [-0.1, -0.05) is 0 Å². The summed E-state index contributed by atoms with van der Waals surface area (Å²) >= 11 is 2.21. The molecule has 1 fully saturated rings. The molecular formula is C13H17IN4O3. The number of nitrogens with zero attached hydrogens (tertiary/aromatic N) is 3. The Morgan fingerprint density at radius 1 is 1.33 bits per heavy atom. The quantitative estimate of drug-likeness (QED) is 0.751. The van der Waals surface area contributed by atoms with E-state index in [0.717, 1.165) is 9.39 Å². The molecule has 0 radical (unpaired) electrons. The van der Waals surface area contributed by atoms with E-state index in [1.54, 1.807) is 4.90 Å². The summed E-state index contributed by atoms with van der Waals surface area (Å²) in [6.45, 7) is 2.26. The zero-order valence-electron chi connectivity index (χ0n) is 11.7. The number of nitrogens with one attached hydrogen (secondary N) is 1. The number of hydrogen-bond acceptors (Lipinski definition) is 5. The molecule has 0 atom stereocenters. The molecule has 0 unspecified atom stereocenters. The van der Waals surface area contributed by atoms with Crippen molar-refractivity contribution >= 4 is 40.4 Å². The first-order valence-corrected chi connectivity index (χ1v) is 7.67. The number of amides is 2. The summed E-state index contributed by atoms with van der Waals surface area (Å²) < 4.78 is 6.02. The van der Waals surface area contributed by atoms with Gasteiger partial charge in [-0.2, -0.15) is 0 Å². The van der Waals surface area contributed by atoms with Crippen LogP contribution in [-0.4, -0.2) is 61.7 Å². The first kappa shape index (κ1) is 15.8. The number of ether oxygens (including phenoxy) is 1. The van der Waals surface area contributed by atoms with Crippen LogP contribution >= 0.6 is 22.6 Å². The average molecular weight is 404 g/mol. The first-order valence-electron chi connectivity index (χ1n) is 6.59. The number of carbonyl (C=O) groups excluding carboxylic acids is 2. The molecule has 114 valence electrons. The number of anilines is 1. The van der Waals surface area contributed by atoms with Crippen LogP contribution in [0, 0.1) is 3.57 Å². The maximum Gasteiger partial charge on any atom is 0.410 e. The van der Waals surface area contributed by atoms with Crippen LogP contribution in [0.15, 0.2) is 18.3 Å². The van der Waals surface area contributed by atoms with Crippen molar-refractivity contribution in [3.8, 4) is 0 Å². The van der Waals surface area contributed by atoms with Gasteiger partial charge in [0.15, 0.2) is 6.61 Å². The lowest BCUT2D eigenvalue weighted by molar-refractivity contribution is -0.123. The van der Waals surface area contributed by atoms with Gasteiger partial charge in [-0.05, 0) is 34.7 Å². The van der Waals surface area contributed by atoms with Crippen LogP contribution in [0.4, 0.5) is 10.6 Å². The monoisotopic (exact) mass is 404 g/mol. The molecule has 0 aliphatic carbocycles. The Bertz CT molecular complexity index is 501. The van der Waals surface area contributed by atoms with E-state index in [2.05, 4.69) is 37.8 Å². The average Bonchev–Trinajstić information content (AvgIpc) is 2.53. The van der Waals surface area contributed by atoms with E-state index in [1.165, 1.54) is 7.05 Å². The first-order chi connectivity index (χ1) is 10.1. The van der Waals surface area contributed by atoms with Gasteiger partial charge in [-0.3, -0.25) is 4.79 Å². The third-order valence-electron chi connectivity index (χ3n) is 3.18. The highest BCUT2D eigenvalue weighted by molar-refractivity contribution is 14.1. The van der Waals surface area contributed by atoms with E-state index in [0.29, 0.717) is 26.2 Å². The smallest absolute Gasteiger partial charge is 0.410 e. The van der Waals surface area contributed by atoms with E-state index in [1.807, 2.05) is 18.3 Å². The predicted octanol–water partition coefficient (Wildman–Crippen LogP) is 0.691. The van der Waals surface area contributed by atoms with Gasteiger partial charge in [-0.25, -0.2) is 9.78 Å². The fraction of sp³-hybridized carbons (Fsp3) is 0.462. The van der Waals surface area contributed by atoms with E-state index in [4.69, 9.17) is 4.74 Å². The minimum Gasteiger partial charge on any atom is -0.439 e. The Morgan fingerprint density at radius 2 is 2.05 bits per heavy atom. The highest BCUT2D eigenvalue weighted by Crippen LogP contribution is 2.15. The van der Waals surface area contributed by atoms with Crippen molar-refractivity contribution in [1.82, 2.24) is 15.2 Å². The van der Waals surface area contributed by atoms with Gasteiger partial charge in [0.05, 0.1) is 0 Å². The molecule has 7 nitrogen and oxygen atoms in total. The van der Waals surface area contributed by atoms with Crippen LogP contribution in [0.3, 0.4) is 0 Å². The number of rotatable bonds is 3. The Hall–Kier alpha value is -1.58. The van der Waals surface area contributed by atoms with E-state index in [9.17, 15) is 9.59 Å². The molecule has 8 heteroatoms. The number of piperazine rings is 1. The maximum absolute atomic E-state index is 11.8. The minimum absolute atomic E-state index is 0.242. The van der Waals surface area contributed by atoms with Crippen molar-refractivity contribution in [1.29, 1.82) is 0 Å². The third kappa shape index (κ3) is 4.45. The molecule has 2 heterocycles. The van der Waals surface area contributed by atoms with Crippen molar-refractivity contribution in [3.05, 3.63) is 21.9 Å². The zero-order chi connectivity index (χ0) is 15.2. The number of halogens is 1. The number of likely N-dealkylation sites (N-methyl/N-ethyl adjacent to an activating group) is 1. The maximum atomic E-state index is 11.8. The molecule has 2 rings (SSSR count). The van der Waals surface area contributed by atoms with Gasteiger partial charge in [0.2, 0.25) is 0 Å². The molecule has 1 aliphatic rings. The molecule has 0 aromatic carbocycles. The van der Waals surface area contributed by atoms with Gasteiger partial charge >= 0.3 is 6.09 Å². The number of aromatic nitrogens is 1. The van der Waals surface area contributed by atoms with Gasteiger partial charge in [-0.15, -0.1) is 0 Å². The van der Waals surface area contributed by atoms with Gasteiger partial charge in [0.1, 0.15) is 5.82 Å². The standard InChI is InChI=1S/C13H17IN4O3/c1-15-12(19)9-21-13(20)18-6-4-17(5-7-18)11-3-2-10(14)8-16-11/h2-3,8H,4-7,9H2,1H3,(H,15,19). The van der Waals surface area contributed by atoms with Gasteiger partial charge < -0.3 is 19.9 Å². The minimum atomic E-state index is -0.450. The van der Waals surface area contributed by atoms with Crippen molar-refractivity contribution in [2.45, 2.75) is 0 Å². The molecule has 21 heavy (non-hydrogen) atoms. The normalized spacial score (nSPS) is 14.8. The van der Waals surface area contributed by atoms with Crippen LogP contribution in [-0.2, 0) is 9.53 Å². The van der Waals surface area contributed by atoms with Crippen molar-refractivity contribution < 1.29 is 14.3 Å². The Morgan fingerprint density at radius 3 is 2.62 bits per heavy atom. The van der Waals surface area contributed by atoms with Gasteiger partial charge in [0, 0.05) is 43.0 Å². The lowest BCUT2D eigenvalue weighted by Crippen LogP contribution is -2.49. The predicted molar refractivity (Wildman–Crippen MR) is 86.2 cm³/mol. The highest BCUT2D eigenvalue weighted by Gasteiger charge is 2.23. The fourth-order valence-electron chi connectivity index (χ4n) is 1.96. The lowest BCUT2D eigenvalue weighted by Gasteiger charge is -2.34. The Labute approximate surface area is 136 Å². The fourth-order valence-corrected chi connectivity index (χ4v) is 2.28. The molecular weight excluding hydrogens is 387 g/mol. The Kier molecular flexibility index (Phi) is 5.59. The van der Waals surface area contributed by atoms with Crippen LogP contribution in [0.5, 0.6) is 0 Å². The topological polar surface area (TPSA) is 74.8 Å². The second-order valence-corrected chi connectivity index (χ2v) is 5.78. The lowest BCUT2D eigenvalue weighted by atomic mass is 10.3. The zero-order valence-corrected chi connectivity index (χ0v) is 13.9. The molecule has 0 bridgehead atoms. The van der Waals surface area contributed by atoms with E-state index < -0.39 is 6.09 Å². The summed E-state index contributed by atoms with van der Waals surface area (Å²) in [4.78, 5) is 30.9. The van der Waals surface area contributed by atoms with Crippen LogP contribution in [0.25, 0.3) is 0 Å². The molecule has 1 aromatic heterocycles. The van der Waals surface area contributed by atoms with Crippen LogP contribution < -0.4 is 10.2 Å². The molecule has 1 aliphatic heterocycles. The Balaban J connectivity index is 1.81. The van der Waals surface area contributed by atoms with Crippen LogP contribution in [0.2, 0.25) is 0 Å². The summed E-state index contributed by atoms with van der Waals surface area (Å²) in [5.41, 5.74) is 0. The van der Waals surface area contributed by atoms with Crippen LogP contribution in [0.1, 0.15) is 0 Å². The number of carbonyl (C=O) groups is 2. The highest BCUT2D eigenvalue weighted by atomic mass is 127. The third-order valence-corrected chi connectivity index (χ3v) is 3.82. The number of hydrogen-bond donors (Lipinski definition) is 1. The molecule has 2 amide bonds. The summed E-state index contributed by atoms with van der Waals surface area (Å²) in [5, 5.41) is 2.40. The van der Waals surface area contributed by atoms with Crippen molar-refractivity contribution in [2.75, 3.05) is 44.7 Å². The molecule has 1 saturated heterocycles. The van der Waals surface area contributed by atoms with Crippen molar-refractivity contribution in [3.63, 3.8) is 0 Å². The second-order valence-electron chi connectivity index (χ2n) is 4.54. The summed E-state index contributed by atoms with van der Waals surface area (Å²) in [7, 11) is 1.50. The summed E-state index contributed by atoms with van der Waals surface area (Å²) in [6, 6.07) is 3.98.